The van der Waals surface area contributed by atoms with Gasteiger partial charge in [0.15, 0.2) is 5.69 Å². The normalized spacial score (nSPS) is 17.9. The number of thioether (sulfide) groups is 1. The zero-order valence-corrected chi connectivity index (χ0v) is 11.9. The average molecular weight is 298 g/mol. The number of imidazole rings is 1. The molecule has 2 rings (SSSR count). The molecule has 2 heterocycles. The van der Waals surface area contributed by atoms with Crippen LogP contribution in [0.3, 0.4) is 0 Å². The van der Waals surface area contributed by atoms with Gasteiger partial charge in [-0.25, -0.2) is 14.6 Å². The van der Waals surface area contributed by atoms with E-state index < -0.39 is 5.97 Å². The van der Waals surface area contributed by atoms with Crippen LogP contribution in [0.25, 0.3) is 0 Å². The predicted molar refractivity (Wildman–Crippen MR) is 76.0 cm³/mol. The molecular formula is C12H18N4O3S. The lowest BCUT2D eigenvalue weighted by Gasteiger charge is -2.11. The molecule has 1 aromatic rings. The number of nitrogens with zero attached hydrogens (tertiary/aromatic N) is 2. The fourth-order valence-corrected chi connectivity index (χ4v) is 3.22. The van der Waals surface area contributed by atoms with Crippen LogP contribution >= 0.6 is 11.8 Å². The van der Waals surface area contributed by atoms with Crippen molar-refractivity contribution in [1.29, 1.82) is 0 Å². The van der Waals surface area contributed by atoms with Crippen molar-refractivity contribution in [2.45, 2.75) is 13.0 Å². The van der Waals surface area contributed by atoms with Crippen molar-refractivity contribution in [1.82, 2.24) is 20.2 Å². The fraction of sp³-hybridized carbons (Fsp3) is 0.583. The molecule has 1 atom stereocenters. The first kappa shape index (κ1) is 14.7. The van der Waals surface area contributed by atoms with Crippen LogP contribution in [-0.2, 0) is 6.54 Å². The standard InChI is InChI=1S/C12H18N4O3S/c17-11(18)10-6-16(8-15-10)3-2-13-12(19)14-5-9-1-4-20-7-9/h6,8-9H,1-5,7H2,(H,17,18)(H2,13,14,19). The molecule has 0 radical (unpaired) electrons. The third kappa shape index (κ3) is 4.44. The number of hydrogen-bond donors (Lipinski definition) is 3. The number of nitrogens with one attached hydrogen (secondary N) is 2. The molecule has 0 saturated carbocycles. The number of aromatic carboxylic acids is 1. The van der Waals surface area contributed by atoms with Gasteiger partial charge in [-0.2, -0.15) is 11.8 Å². The van der Waals surface area contributed by atoms with Crippen molar-refractivity contribution >= 4 is 23.8 Å². The number of carbonyl (C=O) groups excluding carboxylic acids is 1. The summed E-state index contributed by atoms with van der Waals surface area (Å²) in [5.74, 6) is 1.83. The summed E-state index contributed by atoms with van der Waals surface area (Å²) < 4.78 is 1.64. The van der Waals surface area contributed by atoms with Crippen LogP contribution in [0, 0.1) is 5.92 Å². The zero-order valence-electron chi connectivity index (χ0n) is 11.0. The zero-order chi connectivity index (χ0) is 14.4. The van der Waals surface area contributed by atoms with Gasteiger partial charge in [0.25, 0.3) is 0 Å². The van der Waals surface area contributed by atoms with Crippen LogP contribution in [0.5, 0.6) is 0 Å². The average Bonchev–Trinajstić information content (AvgIpc) is 3.07. The molecule has 3 N–H and O–H groups in total. The highest BCUT2D eigenvalue weighted by Crippen LogP contribution is 2.22. The molecule has 0 aromatic carbocycles. The monoisotopic (exact) mass is 298 g/mol. The first-order chi connectivity index (χ1) is 9.65. The van der Waals surface area contributed by atoms with Gasteiger partial charge in [-0.15, -0.1) is 0 Å². The highest BCUT2D eigenvalue weighted by atomic mass is 32.2. The van der Waals surface area contributed by atoms with Crippen molar-refractivity contribution in [3.8, 4) is 0 Å². The second-order valence-electron chi connectivity index (χ2n) is 4.67. The number of hydrogen-bond acceptors (Lipinski definition) is 4. The van der Waals surface area contributed by atoms with E-state index >= 15 is 0 Å². The van der Waals surface area contributed by atoms with E-state index in [2.05, 4.69) is 15.6 Å². The third-order valence-corrected chi connectivity index (χ3v) is 4.31. The number of carboxylic acids is 1. The Morgan fingerprint density at radius 2 is 2.35 bits per heavy atom. The number of aromatic nitrogens is 2. The summed E-state index contributed by atoms with van der Waals surface area (Å²) in [6.07, 6.45) is 4.05. The van der Waals surface area contributed by atoms with Crippen LogP contribution in [0.2, 0.25) is 0 Å². The van der Waals surface area contributed by atoms with Crippen LogP contribution < -0.4 is 10.6 Å². The molecule has 7 nitrogen and oxygen atoms in total. The molecule has 0 aliphatic carbocycles. The van der Waals surface area contributed by atoms with Gasteiger partial charge in [-0.1, -0.05) is 0 Å². The van der Waals surface area contributed by atoms with E-state index in [1.165, 1.54) is 18.3 Å². The van der Waals surface area contributed by atoms with Gasteiger partial charge in [0.1, 0.15) is 0 Å². The second-order valence-corrected chi connectivity index (χ2v) is 5.82. The largest absolute Gasteiger partial charge is 0.476 e. The molecule has 1 unspecified atom stereocenters. The van der Waals surface area contributed by atoms with Gasteiger partial charge in [-0.05, 0) is 23.8 Å². The maximum absolute atomic E-state index is 11.6. The predicted octanol–water partition coefficient (Wildman–Crippen LogP) is 0.634. The molecule has 1 aliphatic heterocycles. The molecule has 8 heteroatoms. The van der Waals surface area contributed by atoms with E-state index in [9.17, 15) is 9.59 Å². The molecule has 1 aliphatic rings. The first-order valence-corrected chi connectivity index (χ1v) is 7.65. The Morgan fingerprint density at radius 3 is 3.00 bits per heavy atom. The van der Waals surface area contributed by atoms with Gasteiger partial charge < -0.3 is 20.3 Å². The van der Waals surface area contributed by atoms with Gasteiger partial charge in [-0.3, -0.25) is 0 Å². The number of carbonyl (C=O) groups is 2. The first-order valence-electron chi connectivity index (χ1n) is 6.49. The molecule has 1 saturated heterocycles. The minimum atomic E-state index is -1.05. The molecule has 110 valence electrons. The van der Waals surface area contributed by atoms with Crippen LogP contribution in [0.15, 0.2) is 12.5 Å². The molecule has 2 amide bonds. The quantitative estimate of drug-likeness (QED) is 0.716. The Bertz CT molecular complexity index is 471. The van der Waals surface area contributed by atoms with Crippen LogP contribution in [0.4, 0.5) is 4.79 Å². The maximum atomic E-state index is 11.6. The van der Waals surface area contributed by atoms with Gasteiger partial charge in [0.2, 0.25) is 0 Å². The Balaban J connectivity index is 1.61. The van der Waals surface area contributed by atoms with Crippen molar-refractivity contribution in [2.75, 3.05) is 24.6 Å². The number of amides is 2. The fourth-order valence-electron chi connectivity index (χ4n) is 1.94. The van der Waals surface area contributed by atoms with E-state index in [0.717, 1.165) is 12.2 Å². The maximum Gasteiger partial charge on any atom is 0.356 e. The van der Waals surface area contributed by atoms with E-state index in [1.807, 2.05) is 11.8 Å². The summed E-state index contributed by atoms with van der Waals surface area (Å²) >= 11 is 1.92. The lowest BCUT2D eigenvalue weighted by molar-refractivity contribution is 0.0691. The van der Waals surface area contributed by atoms with Crippen molar-refractivity contribution in [2.24, 2.45) is 5.92 Å². The Labute approximate surface area is 121 Å². The Morgan fingerprint density at radius 1 is 1.50 bits per heavy atom. The minimum absolute atomic E-state index is 0.00758. The van der Waals surface area contributed by atoms with Crippen LogP contribution in [0.1, 0.15) is 16.9 Å². The van der Waals surface area contributed by atoms with E-state index in [0.29, 0.717) is 25.6 Å². The van der Waals surface area contributed by atoms with Crippen LogP contribution in [-0.4, -0.2) is 51.3 Å². The smallest absolute Gasteiger partial charge is 0.356 e. The lowest BCUT2D eigenvalue weighted by atomic mass is 10.1. The Kier molecular flexibility index (Phi) is 5.28. The number of rotatable bonds is 6. The molecule has 1 aromatic heterocycles. The molecule has 0 spiro atoms. The second kappa shape index (κ2) is 7.18. The van der Waals surface area contributed by atoms with Gasteiger partial charge >= 0.3 is 12.0 Å². The van der Waals surface area contributed by atoms with Crippen molar-refractivity contribution < 1.29 is 14.7 Å². The van der Waals surface area contributed by atoms with Crippen molar-refractivity contribution in [3.05, 3.63) is 18.2 Å². The summed E-state index contributed by atoms with van der Waals surface area (Å²) in [4.78, 5) is 25.9. The summed E-state index contributed by atoms with van der Waals surface area (Å²) in [6.45, 7) is 1.64. The minimum Gasteiger partial charge on any atom is -0.476 e. The molecule has 20 heavy (non-hydrogen) atoms. The SMILES string of the molecule is O=C(NCCn1cnc(C(=O)O)c1)NCC1CCSC1. The molecule has 0 bridgehead atoms. The molecule has 1 fully saturated rings. The summed E-state index contributed by atoms with van der Waals surface area (Å²) in [5, 5.41) is 14.3. The van der Waals surface area contributed by atoms with E-state index in [-0.39, 0.29) is 11.7 Å². The van der Waals surface area contributed by atoms with Gasteiger partial charge in [0.05, 0.1) is 6.33 Å². The number of carboxylic acid groups (broad SMARTS) is 1. The number of urea groups is 1. The van der Waals surface area contributed by atoms with E-state index in [1.54, 1.807) is 4.57 Å². The summed E-state index contributed by atoms with van der Waals surface area (Å²) in [7, 11) is 0. The lowest BCUT2D eigenvalue weighted by Crippen LogP contribution is -2.39. The summed E-state index contributed by atoms with van der Waals surface area (Å²) in [5.41, 5.74) is 0.00758. The highest BCUT2D eigenvalue weighted by molar-refractivity contribution is 7.99. The van der Waals surface area contributed by atoms with Gasteiger partial charge in [0, 0.05) is 25.8 Å². The highest BCUT2D eigenvalue weighted by Gasteiger charge is 2.15. The summed E-state index contributed by atoms with van der Waals surface area (Å²) in [6, 6.07) is -0.180. The third-order valence-electron chi connectivity index (χ3n) is 3.08. The molecular weight excluding hydrogens is 280 g/mol. The Hall–Kier alpha value is -1.70. The topological polar surface area (TPSA) is 96.2 Å². The van der Waals surface area contributed by atoms with Crippen molar-refractivity contribution in [3.63, 3.8) is 0 Å². The van der Waals surface area contributed by atoms with E-state index in [4.69, 9.17) is 5.11 Å².